The van der Waals surface area contributed by atoms with Crippen molar-refractivity contribution in [1.82, 2.24) is 0 Å². The summed E-state index contributed by atoms with van der Waals surface area (Å²) in [5.41, 5.74) is 0. The lowest BCUT2D eigenvalue weighted by Crippen LogP contribution is -2.35. The predicted molar refractivity (Wildman–Crippen MR) is 86.4 cm³/mol. The number of hydrogen-bond acceptors (Lipinski definition) is 16. The lowest BCUT2D eigenvalue weighted by atomic mass is 10.1. The van der Waals surface area contributed by atoms with Gasteiger partial charge in [-0.3, -0.25) is 0 Å². The summed E-state index contributed by atoms with van der Waals surface area (Å²) < 4.78 is 20.5. The molecule has 0 radical (unpaired) electrons. The average molecular weight is 472 g/mol. The fraction of sp³-hybridized carbons (Fsp3) is 1.00. The van der Waals surface area contributed by atoms with Crippen LogP contribution in [0.2, 0.25) is 0 Å². The molecule has 20 heteroatoms. The van der Waals surface area contributed by atoms with E-state index in [1.54, 1.807) is 0 Å². The molecular weight excluding hydrogens is 456 g/mol. The molecule has 4 heterocycles. The lowest BCUT2D eigenvalue weighted by molar-refractivity contribution is -0.769. The number of hydrogen-bond donors (Lipinski definition) is 0. The molecule has 0 saturated carbocycles. The molecule has 0 aliphatic carbocycles. The second-order valence-corrected chi connectivity index (χ2v) is 6.66. The number of fused-ring (bicyclic) bond motifs is 2. The Hall–Kier alpha value is -3.36. The summed E-state index contributed by atoms with van der Waals surface area (Å²) in [5, 5.41) is 36.8. The van der Waals surface area contributed by atoms with Crippen LogP contribution in [-0.2, 0) is 38.3 Å². The van der Waals surface area contributed by atoms with Crippen molar-refractivity contribution in [1.29, 1.82) is 0 Å². The minimum absolute atomic E-state index is 0.0477. The molecule has 180 valence electrons. The van der Waals surface area contributed by atoms with Gasteiger partial charge in [-0.25, -0.2) is 0 Å². The van der Waals surface area contributed by atoms with Crippen LogP contribution in [0.3, 0.4) is 0 Å². The summed E-state index contributed by atoms with van der Waals surface area (Å²) in [6, 6.07) is 0. The van der Waals surface area contributed by atoms with E-state index in [0.29, 0.717) is 0 Å². The monoisotopic (exact) mass is 472 g/mol. The van der Waals surface area contributed by atoms with Crippen molar-refractivity contribution in [3.05, 3.63) is 40.5 Å². The first-order valence-electron chi connectivity index (χ1n) is 8.86. The Labute approximate surface area is 175 Å². The summed E-state index contributed by atoms with van der Waals surface area (Å²) in [5.74, 6) is 0. The van der Waals surface area contributed by atoms with E-state index in [4.69, 9.17) is 18.9 Å². The molecule has 0 aromatic rings. The second kappa shape index (κ2) is 9.84. The van der Waals surface area contributed by atoms with E-state index in [9.17, 15) is 40.5 Å². The second-order valence-electron chi connectivity index (χ2n) is 6.66. The Morgan fingerprint density at radius 1 is 0.469 bits per heavy atom. The molecule has 4 aliphatic rings. The molecule has 4 aliphatic heterocycles. The van der Waals surface area contributed by atoms with Crippen LogP contribution >= 0.6 is 0 Å². The molecular formula is C12H16N4O16. The van der Waals surface area contributed by atoms with Gasteiger partial charge in [0.1, 0.15) is 24.4 Å². The fourth-order valence-corrected chi connectivity index (χ4v) is 3.66. The van der Waals surface area contributed by atoms with Gasteiger partial charge in [0, 0.05) is 0 Å². The van der Waals surface area contributed by atoms with Crippen molar-refractivity contribution in [2.75, 3.05) is 26.4 Å². The maximum absolute atomic E-state index is 10.1. The van der Waals surface area contributed by atoms with Crippen molar-refractivity contribution in [2.24, 2.45) is 0 Å². The van der Waals surface area contributed by atoms with E-state index >= 15 is 0 Å². The van der Waals surface area contributed by atoms with Gasteiger partial charge in [-0.1, -0.05) is 0 Å². The van der Waals surface area contributed by atoms with Crippen molar-refractivity contribution in [3.63, 3.8) is 0 Å². The zero-order valence-electron chi connectivity index (χ0n) is 15.8. The maximum Gasteiger partial charge on any atom is 0.294 e. The molecule has 4 fully saturated rings. The molecule has 32 heavy (non-hydrogen) atoms. The Morgan fingerprint density at radius 3 is 0.812 bits per heavy atom. The summed E-state index contributed by atoms with van der Waals surface area (Å²) in [6.07, 6.45) is -6.24. The van der Waals surface area contributed by atoms with Crippen LogP contribution in [0, 0.1) is 40.5 Å². The average Bonchev–Trinajstić information content (AvgIpc) is 3.42. The SMILES string of the molecule is O=[N+]([O-])O[C@H]1CO[C@H]2[C@@H]1OC[C@H]2O[N+](=O)[O-].O=[N+]([O-])O[C@H]1CO[C@H]2[C@@H]1OC[C@H]2O[N+](=O)[O-]. The summed E-state index contributed by atoms with van der Waals surface area (Å²) in [7, 11) is 0. The van der Waals surface area contributed by atoms with Gasteiger partial charge in [0.15, 0.2) is 24.4 Å². The Morgan fingerprint density at radius 2 is 0.656 bits per heavy atom. The van der Waals surface area contributed by atoms with E-state index < -0.39 is 69.2 Å². The van der Waals surface area contributed by atoms with E-state index in [1.807, 2.05) is 0 Å². The minimum atomic E-state index is -0.943. The highest BCUT2D eigenvalue weighted by Gasteiger charge is 2.52. The molecule has 4 rings (SSSR count). The number of rotatable bonds is 8. The third kappa shape index (κ3) is 5.46. The Balaban J connectivity index is 0.000000181. The summed E-state index contributed by atoms with van der Waals surface area (Å²) in [6.45, 7) is -0.191. The smallest absolute Gasteiger partial charge is 0.294 e. The molecule has 0 amide bonds. The molecule has 20 nitrogen and oxygen atoms in total. The van der Waals surface area contributed by atoms with Crippen LogP contribution < -0.4 is 0 Å². The van der Waals surface area contributed by atoms with Gasteiger partial charge < -0.3 is 38.3 Å². The normalized spacial score (nSPS) is 36.8. The zero-order valence-corrected chi connectivity index (χ0v) is 15.8. The minimum Gasteiger partial charge on any atom is -0.371 e. The van der Waals surface area contributed by atoms with Gasteiger partial charge in [0.05, 0.1) is 26.4 Å². The number of ether oxygens (including phenoxy) is 4. The van der Waals surface area contributed by atoms with Gasteiger partial charge in [-0.2, -0.15) is 0 Å². The van der Waals surface area contributed by atoms with Gasteiger partial charge in [-0.05, 0) is 0 Å². The largest absolute Gasteiger partial charge is 0.371 e. The topological polar surface area (TPSA) is 246 Å². The molecule has 8 atom stereocenters. The van der Waals surface area contributed by atoms with Crippen LogP contribution in [0.4, 0.5) is 0 Å². The lowest BCUT2D eigenvalue weighted by Gasteiger charge is -2.13. The molecule has 0 spiro atoms. The predicted octanol–water partition coefficient (Wildman–Crippen LogP) is -2.12. The van der Waals surface area contributed by atoms with E-state index in [2.05, 4.69) is 19.4 Å². The highest BCUT2D eigenvalue weighted by Crippen LogP contribution is 2.31. The third-order valence-corrected chi connectivity index (χ3v) is 4.81. The van der Waals surface area contributed by atoms with Crippen molar-refractivity contribution < 1.29 is 58.6 Å². The highest BCUT2D eigenvalue weighted by atomic mass is 17.0. The molecule has 0 unspecified atom stereocenters. The van der Waals surface area contributed by atoms with E-state index in [-0.39, 0.29) is 26.4 Å². The summed E-state index contributed by atoms with van der Waals surface area (Å²) >= 11 is 0. The van der Waals surface area contributed by atoms with Gasteiger partial charge in [0.25, 0.3) is 20.3 Å². The summed E-state index contributed by atoms with van der Waals surface area (Å²) in [4.78, 5) is 57.8. The zero-order chi connectivity index (χ0) is 23.4. The van der Waals surface area contributed by atoms with Crippen molar-refractivity contribution >= 4 is 0 Å². The Bertz CT molecular complexity index is 618. The molecule has 0 aromatic heterocycles. The molecule has 4 saturated heterocycles. The van der Waals surface area contributed by atoms with Gasteiger partial charge >= 0.3 is 0 Å². The van der Waals surface area contributed by atoms with Gasteiger partial charge in [-0.15, -0.1) is 40.5 Å². The Kier molecular flexibility index (Phi) is 7.17. The van der Waals surface area contributed by atoms with E-state index in [0.717, 1.165) is 0 Å². The molecule has 0 bridgehead atoms. The van der Waals surface area contributed by atoms with Crippen LogP contribution in [0.1, 0.15) is 0 Å². The number of nitrogens with zero attached hydrogens (tertiary/aromatic N) is 4. The quantitative estimate of drug-likeness (QED) is 0.270. The van der Waals surface area contributed by atoms with Crippen LogP contribution in [0.25, 0.3) is 0 Å². The van der Waals surface area contributed by atoms with Crippen LogP contribution in [-0.4, -0.2) is 95.6 Å². The first kappa shape index (κ1) is 23.3. The van der Waals surface area contributed by atoms with Gasteiger partial charge in [0.2, 0.25) is 0 Å². The molecule has 0 aromatic carbocycles. The van der Waals surface area contributed by atoms with E-state index in [1.165, 1.54) is 0 Å². The van der Waals surface area contributed by atoms with Crippen molar-refractivity contribution in [2.45, 2.75) is 48.8 Å². The first-order chi connectivity index (χ1) is 15.2. The fourth-order valence-electron chi connectivity index (χ4n) is 3.66. The molecule has 0 N–H and O–H groups in total. The highest BCUT2D eigenvalue weighted by molar-refractivity contribution is 4.95. The standard InChI is InChI=1S/2C6H8N2O8/c2*9-7(10)15-3-1-13-6-4(16-8(11)12)2-14-5(3)6/h2*3-6H,1-2H2/t2*3-,4+,5-,6-/m11/s1. The third-order valence-electron chi connectivity index (χ3n) is 4.81. The van der Waals surface area contributed by atoms with Crippen LogP contribution in [0.15, 0.2) is 0 Å². The van der Waals surface area contributed by atoms with Crippen molar-refractivity contribution in [3.8, 4) is 0 Å². The first-order valence-corrected chi connectivity index (χ1v) is 8.86. The van der Waals surface area contributed by atoms with Crippen LogP contribution in [0.5, 0.6) is 0 Å². The maximum atomic E-state index is 10.1.